The van der Waals surface area contributed by atoms with Gasteiger partial charge < -0.3 is 14.2 Å². The van der Waals surface area contributed by atoms with Crippen molar-refractivity contribution in [3.05, 3.63) is 96.1 Å². The van der Waals surface area contributed by atoms with Crippen molar-refractivity contribution in [1.82, 2.24) is 4.57 Å². The lowest BCUT2D eigenvalue weighted by Crippen LogP contribution is -2.26. The van der Waals surface area contributed by atoms with Gasteiger partial charge in [-0.25, -0.2) is 0 Å². The Bertz CT molecular complexity index is 1470. The fraction of sp³-hybridized carbons (Fsp3) is 0.111. The lowest BCUT2D eigenvalue weighted by atomic mass is 9.74. The van der Waals surface area contributed by atoms with Crippen LogP contribution in [0.2, 0.25) is 0 Å². The summed E-state index contributed by atoms with van der Waals surface area (Å²) in [6, 6.07) is 30.0. The summed E-state index contributed by atoms with van der Waals surface area (Å²) in [6.45, 7) is 4.63. The fourth-order valence-electron chi connectivity index (χ4n) is 5.16. The molecule has 0 amide bonds. The van der Waals surface area contributed by atoms with Gasteiger partial charge in [0.2, 0.25) is 0 Å². The van der Waals surface area contributed by atoms with Crippen LogP contribution in [0.25, 0.3) is 38.6 Å². The van der Waals surface area contributed by atoms with Crippen molar-refractivity contribution < 1.29 is 9.68 Å². The minimum atomic E-state index is -0.333. The van der Waals surface area contributed by atoms with E-state index in [1.54, 1.807) is 0 Å². The van der Waals surface area contributed by atoms with Crippen molar-refractivity contribution >= 4 is 29.5 Å². The fourth-order valence-corrected chi connectivity index (χ4v) is 5.16. The second-order valence-electron chi connectivity index (χ2n) is 8.72. The van der Waals surface area contributed by atoms with Gasteiger partial charge in [0.1, 0.15) is 5.75 Å². The molecule has 1 aliphatic heterocycles. The minimum Gasteiger partial charge on any atom is -0.539 e. The number of nitrogens with zero attached hydrogens (tertiary/aromatic N) is 1. The van der Waals surface area contributed by atoms with Gasteiger partial charge in [-0.1, -0.05) is 62.4 Å². The van der Waals surface area contributed by atoms with Crippen molar-refractivity contribution in [3.8, 4) is 22.6 Å². The molecule has 4 heteroatoms. The molecule has 0 saturated carbocycles. The monoisotopic (exact) mass is 403 g/mol. The van der Waals surface area contributed by atoms with E-state index in [-0.39, 0.29) is 13.1 Å². The maximum absolute atomic E-state index is 9.27. The van der Waals surface area contributed by atoms with Crippen molar-refractivity contribution in [2.75, 3.05) is 0 Å². The predicted octanol–water partition coefficient (Wildman–Crippen LogP) is 5.73. The molecule has 5 aromatic rings. The predicted molar refractivity (Wildman–Crippen MR) is 128 cm³/mol. The second-order valence-corrected chi connectivity index (χ2v) is 8.72. The first-order valence-electron chi connectivity index (χ1n) is 10.6. The number of fused-ring (bicyclic) bond motifs is 5. The summed E-state index contributed by atoms with van der Waals surface area (Å²) in [5.41, 5.74) is 8.55. The number of aromatic nitrogens is 1. The molecule has 0 aliphatic carbocycles. The van der Waals surface area contributed by atoms with Crippen LogP contribution in [-0.2, 0) is 5.41 Å². The van der Waals surface area contributed by atoms with Crippen LogP contribution in [0.15, 0.2) is 84.9 Å². The van der Waals surface area contributed by atoms with Crippen molar-refractivity contribution in [2.45, 2.75) is 19.3 Å². The Morgan fingerprint density at radius 1 is 0.774 bits per heavy atom. The van der Waals surface area contributed by atoms with E-state index < -0.39 is 0 Å². The van der Waals surface area contributed by atoms with Crippen LogP contribution in [0.1, 0.15) is 25.0 Å². The van der Waals surface area contributed by atoms with E-state index >= 15 is 0 Å². The molecule has 150 valence electrons. The standard InChI is InChI=1S/C27H22BNO2/c1-27(2)22-10-6-7-11-25(22)29-24-13-12-19(31-28-30)16-20(24)21-14-18(15-23(27)26(21)29)17-8-4-3-5-9-17/h3-16,28,30H,1-2H3. The van der Waals surface area contributed by atoms with Crippen molar-refractivity contribution in [3.63, 3.8) is 0 Å². The zero-order chi connectivity index (χ0) is 21.2. The van der Waals surface area contributed by atoms with Crippen molar-refractivity contribution in [1.29, 1.82) is 0 Å². The first kappa shape index (κ1) is 18.3. The number of benzene rings is 4. The lowest BCUT2D eigenvalue weighted by molar-refractivity contribution is 0.454. The average Bonchev–Trinajstić information content (AvgIpc) is 3.12. The highest BCUT2D eigenvalue weighted by molar-refractivity contribution is 6.18. The molecule has 1 aliphatic rings. The Labute approximate surface area is 181 Å². The maximum atomic E-state index is 9.27. The molecule has 3 nitrogen and oxygen atoms in total. The molecular weight excluding hydrogens is 381 g/mol. The molecular formula is C27H22BNO2. The first-order chi connectivity index (χ1) is 15.1. The van der Waals surface area contributed by atoms with E-state index in [1.165, 1.54) is 38.8 Å². The maximum Gasteiger partial charge on any atom is 0.504 e. The van der Waals surface area contributed by atoms with E-state index in [0.717, 1.165) is 10.9 Å². The molecule has 0 unspecified atom stereocenters. The topological polar surface area (TPSA) is 34.4 Å². The first-order valence-corrected chi connectivity index (χ1v) is 10.6. The zero-order valence-corrected chi connectivity index (χ0v) is 17.6. The molecule has 1 aromatic heterocycles. The number of para-hydroxylation sites is 1. The van der Waals surface area contributed by atoms with E-state index in [4.69, 9.17) is 4.65 Å². The van der Waals surface area contributed by atoms with Gasteiger partial charge in [0.05, 0.1) is 16.7 Å². The van der Waals surface area contributed by atoms with Crippen LogP contribution in [0.4, 0.5) is 0 Å². The Morgan fingerprint density at radius 3 is 2.35 bits per heavy atom. The van der Waals surface area contributed by atoms with Gasteiger partial charge in [0, 0.05) is 16.2 Å². The largest absolute Gasteiger partial charge is 0.539 e. The third-order valence-corrected chi connectivity index (χ3v) is 6.66. The van der Waals surface area contributed by atoms with Crippen LogP contribution in [0.5, 0.6) is 5.75 Å². The van der Waals surface area contributed by atoms with Crippen LogP contribution < -0.4 is 4.65 Å². The highest BCUT2D eigenvalue weighted by Crippen LogP contribution is 2.49. The molecule has 4 aromatic carbocycles. The molecule has 0 saturated heterocycles. The van der Waals surface area contributed by atoms with Gasteiger partial charge in [0.15, 0.2) is 0 Å². The van der Waals surface area contributed by atoms with E-state index in [9.17, 15) is 5.02 Å². The molecule has 0 atom stereocenters. The number of rotatable bonds is 3. The molecule has 0 radical (unpaired) electrons. The highest BCUT2D eigenvalue weighted by atomic mass is 16.5. The number of hydrogen-bond donors (Lipinski definition) is 1. The molecule has 1 N–H and O–H groups in total. The summed E-state index contributed by atoms with van der Waals surface area (Å²) in [5, 5.41) is 11.6. The smallest absolute Gasteiger partial charge is 0.504 e. The molecule has 0 spiro atoms. The van der Waals surface area contributed by atoms with Gasteiger partial charge in [-0.15, -0.1) is 0 Å². The molecule has 6 rings (SSSR count). The van der Waals surface area contributed by atoms with Gasteiger partial charge in [0.25, 0.3) is 0 Å². The summed E-state index contributed by atoms with van der Waals surface area (Å²) in [7, 11) is -0.333. The normalized spacial score (nSPS) is 13.9. The number of hydrogen-bond acceptors (Lipinski definition) is 2. The summed E-state index contributed by atoms with van der Waals surface area (Å²) in [5.74, 6) is 0.674. The van der Waals surface area contributed by atoms with E-state index in [1.807, 2.05) is 12.1 Å². The van der Waals surface area contributed by atoms with E-state index in [0.29, 0.717) is 5.75 Å². The third kappa shape index (κ3) is 2.52. The summed E-state index contributed by atoms with van der Waals surface area (Å²) >= 11 is 0. The van der Waals surface area contributed by atoms with Crippen molar-refractivity contribution in [2.24, 2.45) is 0 Å². The van der Waals surface area contributed by atoms with Crippen LogP contribution in [0.3, 0.4) is 0 Å². The zero-order valence-electron chi connectivity index (χ0n) is 17.6. The Balaban J connectivity index is 1.81. The highest BCUT2D eigenvalue weighted by Gasteiger charge is 2.35. The molecule has 0 bridgehead atoms. The van der Waals surface area contributed by atoms with E-state index in [2.05, 4.69) is 91.2 Å². The van der Waals surface area contributed by atoms with Gasteiger partial charge in [-0.2, -0.15) is 0 Å². The summed E-state index contributed by atoms with van der Waals surface area (Å²) < 4.78 is 7.81. The molecule has 31 heavy (non-hydrogen) atoms. The quantitative estimate of drug-likeness (QED) is 0.391. The Morgan fingerprint density at radius 2 is 1.55 bits per heavy atom. The summed E-state index contributed by atoms with van der Waals surface area (Å²) in [6.07, 6.45) is 0. The van der Waals surface area contributed by atoms with Crippen LogP contribution >= 0.6 is 0 Å². The van der Waals surface area contributed by atoms with Crippen LogP contribution in [-0.4, -0.2) is 17.3 Å². The van der Waals surface area contributed by atoms with Crippen LogP contribution in [0, 0.1) is 0 Å². The third-order valence-electron chi connectivity index (χ3n) is 6.66. The molecule has 0 fully saturated rings. The van der Waals surface area contributed by atoms with Gasteiger partial charge >= 0.3 is 7.69 Å². The Hall–Kier alpha value is -3.50. The SMILES string of the molecule is CC1(C)c2ccccc2-n2c3ccc(OBO)cc3c3cc(-c4ccccc4)cc1c32. The average molecular weight is 403 g/mol. The Kier molecular flexibility index (Phi) is 3.83. The minimum absolute atomic E-state index is 0.131. The second kappa shape index (κ2) is 6.50. The van der Waals surface area contributed by atoms with Gasteiger partial charge in [-0.3, -0.25) is 0 Å². The van der Waals surface area contributed by atoms with Gasteiger partial charge in [-0.05, 0) is 58.7 Å². The lowest BCUT2D eigenvalue weighted by Gasteiger charge is -2.35. The summed E-state index contributed by atoms with van der Waals surface area (Å²) in [4.78, 5) is 0. The molecule has 2 heterocycles.